The Labute approximate surface area is 111 Å². The predicted octanol–water partition coefficient (Wildman–Crippen LogP) is 2.09. The van der Waals surface area contributed by atoms with Crippen LogP contribution in [0.2, 0.25) is 0 Å². The number of aromatic nitrogens is 2. The first-order chi connectivity index (χ1) is 9.36. The number of benzene rings is 1. The maximum absolute atomic E-state index is 5.57. The highest BCUT2D eigenvalue weighted by molar-refractivity contribution is 5.53. The van der Waals surface area contributed by atoms with E-state index in [1.54, 1.807) is 0 Å². The van der Waals surface area contributed by atoms with Crippen molar-refractivity contribution in [2.75, 3.05) is 13.2 Å². The summed E-state index contributed by atoms with van der Waals surface area (Å²) in [6.07, 6.45) is 2.12. The zero-order valence-electron chi connectivity index (χ0n) is 10.7. The monoisotopic (exact) mass is 259 g/mol. The van der Waals surface area contributed by atoms with Crippen LogP contribution in [0.4, 0.5) is 0 Å². The first-order valence-corrected chi connectivity index (χ1v) is 6.57. The van der Waals surface area contributed by atoms with Gasteiger partial charge in [-0.15, -0.1) is 0 Å². The average Bonchev–Trinajstić information content (AvgIpc) is 2.98. The molecule has 0 bridgehead atoms. The van der Waals surface area contributed by atoms with E-state index in [9.17, 15) is 0 Å². The smallest absolute Gasteiger partial charge is 0.257 e. The van der Waals surface area contributed by atoms with E-state index in [1.807, 2.05) is 24.3 Å². The summed E-state index contributed by atoms with van der Waals surface area (Å²) in [5, 5.41) is 4.07. The molecule has 1 aliphatic rings. The average molecular weight is 259 g/mol. The zero-order valence-corrected chi connectivity index (χ0v) is 10.7. The summed E-state index contributed by atoms with van der Waals surface area (Å²) in [4.78, 5) is 4.47. The number of hydrogen-bond acceptors (Lipinski definition) is 5. The first-order valence-electron chi connectivity index (χ1n) is 6.57. The summed E-state index contributed by atoms with van der Waals surface area (Å²) in [5.41, 5.74) is 7.59. The van der Waals surface area contributed by atoms with Crippen molar-refractivity contribution in [3.8, 4) is 11.5 Å². The molecule has 0 aliphatic carbocycles. The lowest BCUT2D eigenvalue weighted by atomic mass is 10.0. The van der Waals surface area contributed by atoms with Gasteiger partial charge in [0.2, 0.25) is 0 Å². The Morgan fingerprint density at radius 2 is 2.11 bits per heavy atom. The van der Waals surface area contributed by atoms with Crippen LogP contribution in [-0.4, -0.2) is 23.4 Å². The van der Waals surface area contributed by atoms with Gasteiger partial charge in [-0.1, -0.05) is 17.3 Å². The number of ether oxygens (including phenoxy) is 1. The fourth-order valence-electron chi connectivity index (χ4n) is 2.25. The molecule has 1 saturated heterocycles. The molecule has 0 amide bonds. The van der Waals surface area contributed by atoms with E-state index < -0.39 is 0 Å². The van der Waals surface area contributed by atoms with Gasteiger partial charge in [0.1, 0.15) is 0 Å². The van der Waals surface area contributed by atoms with Crippen LogP contribution in [0.1, 0.15) is 30.1 Å². The van der Waals surface area contributed by atoms with Crippen molar-refractivity contribution in [1.82, 2.24) is 10.1 Å². The van der Waals surface area contributed by atoms with Crippen LogP contribution in [-0.2, 0) is 11.3 Å². The molecule has 1 fully saturated rings. The molecule has 0 saturated carbocycles. The van der Waals surface area contributed by atoms with Crippen molar-refractivity contribution in [3.05, 3.63) is 35.7 Å². The zero-order chi connectivity index (χ0) is 13.1. The number of nitrogens with zero attached hydrogens (tertiary/aromatic N) is 2. The molecule has 2 aromatic rings. The van der Waals surface area contributed by atoms with E-state index >= 15 is 0 Å². The Kier molecular flexibility index (Phi) is 3.57. The van der Waals surface area contributed by atoms with Gasteiger partial charge in [0, 0.05) is 24.6 Å². The van der Waals surface area contributed by atoms with E-state index in [4.69, 9.17) is 15.0 Å². The maximum atomic E-state index is 5.57. The van der Waals surface area contributed by atoms with E-state index in [2.05, 4.69) is 10.1 Å². The van der Waals surface area contributed by atoms with Crippen molar-refractivity contribution >= 4 is 0 Å². The van der Waals surface area contributed by atoms with Crippen molar-refractivity contribution in [2.45, 2.75) is 25.3 Å². The molecule has 1 aromatic carbocycles. The molecule has 2 heterocycles. The second-order valence-electron chi connectivity index (χ2n) is 4.77. The van der Waals surface area contributed by atoms with Gasteiger partial charge in [0.05, 0.1) is 6.61 Å². The highest BCUT2D eigenvalue weighted by Crippen LogP contribution is 2.25. The minimum atomic E-state index is 0.259. The molecule has 19 heavy (non-hydrogen) atoms. The van der Waals surface area contributed by atoms with Gasteiger partial charge in [-0.25, -0.2) is 0 Å². The molecular weight excluding hydrogens is 242 g/mol. The minimum Gasteiger partial charge on any atom is -0.381 e. The van der Waals surface area contributed by atoms with Crippen molar-refractivity contribution < 1.29 is 9.26 Å². The summed E-state index contributed by atoms with van der Waals surface area (Å²) in [6.45, 7) is 2.06. The van der Waals surface area contributed by atoms with E-state index in [0.717, 1.165) is 36.4 Å². The van der Waals surface area contributed by atoms with Crippen LogP contribution >= 0.6 is 0 Å². The first kappa shape index (κ1) is 12.3. The topological polar surface area (TPSA) is 74.2 Å². The fourth-order valence-corrected chi connectivity index (χ4v) is 2.25. The third-order valence-electron chi connectivity index (χ3n) is 3.40. The molecule has 5 nitrogen and oxygen atoms in total. The number of nitrogens with two attached hydrogens (primary N) is 1. The Bertz CT molecular complexity index is 530. The van der Waals surface area contributed by atoms with Crippen molar-refractivity contribution in [2.24, 2.45) is 5.73 Å². The maximum Gasteiger partial charge on any atom is 0.257 e. The third-order valence-corrected chi connectivity index (χ3v) is 3.40. The van der Waals surface area contributed by atoms with E-state index in [0.29, 0.717) is 19.0 Å². The largest absolute Gasteiger partial charge is 0.381 e. The third kappa shape index (κ3) is 2.67. The lowest BCUT2D eigenvalue weighted by Crippen LogP contribution is -2.16. The SMILES string of the molecule is NCc1ccc(-c2nc(C3CCCOC3)no2)cc1. The highest BCUT2D eigenvalue weighted by atomic mass is 16.5. The van der Waals surface area contributed by atoms with Crippen LogP contribution in [0.25, 0.3) is 11.5 Å². The van der Waals surface area contributed by atoms with Crippen LogP contribution < -0.4 is 5.73 Å². The molecule has 0 radical (unpaired) electrons. The summed E-state index contributed by atoms with van der Waals surface area (Å²) in [5.74, 6) is 1.57. The van der Waals surface area contributed by atoms with E-state index in [1.165, 1.54) is 0 Å². The Hall–Kier alpha value is -1.72. The van der Waals surface area contributed by atoms with Gasteiger partial charge < -0.3 is 15.0 Å². The second kappa shape index (κ2) is 5.50. The van der Waals surface area contributed by atoms with Gasteiger partial charge in [-0.2, -0.15) is 4.98 Å². The molecule has 1 unspecified atom stereocenters. The van der Waals surface area contributed by atoms with Gasteiger partial charge in [-0.05, 0) is 30.5 Å². The highest BCUT2D eigenvalue weighted by Gasteiger charge is 2.21. The summed E-state index contributed by atoms with van der Waals surface area (Å²) in [6, 6.07) is 7.86. The molecule has 2 N–H and O–H groups in total. The summed E-state index contributed by atoms with van der Waals surface area (Å²) < 4.78 is 10.8. The number of hydrogen-bond donors (Lipinski definition) is 1. The molecule has 1 atom stereocenters. The summed E-state index contributed by atoms with van der Waals surface area (Å²) >= 11 is 0. The van der Waals surface area contributed by atoms with Crippen LogP contribution in [0, 0.1) is 0 Å². The predicted molar refractivity (Wildman–Crippen MR) is 70.4 cm³/mol. The molecule has 100 valence electrons. The second-order valence-corrected chi connectivity index (χ2v) is 4.77. The molecular formula is C14H17N3O2. The standard InChI is InChI=1S/C14H17N3O2/c15-8-10-3-5-11(6-4-10)14-16-13(17-19-14)12-2-1-7-18-9-12/h3-6,12H,1-2,7-9,15H2. The van der Waals surface area contributed by atoms with E-state index in [-0.39, 0.29) is 5.92 Å². The van der Waals surface area contributed by atoms with Gasteiger partial charge in [-0.3, -0.25) is 0 Å². The lowest BCUT2D eigenvalue weighted by molar-refractivity contribution is 0.0773. The van der Waals surface area contributed by atoms with Crippen molar-refractivity contribution in [1.29, 1.82) is 0 Å². The number of rotatable bonds is 3. The molecule has 5 heteroatoms. The lowest BCUT2D eigenvalue weighted by Gasteiger charge is -2.18. The van der Waals surface area contributed by atoms with Gasteiger partial charge in [0.25, 0.3) is 5.89 Å². The van der Waals surface area contributed by atoms with Gasteiger partial charge >= 0.3 is 0 Å². The van der Waals surface area contributed by atoms with Crippen molar-refractivity contribution in [3.63, 3.8) is 0 Å². The quantitative estimate of drug-likeness (QED) is 0.913. The van der Waals surface area contributed by atoms with Gasteiger partial charge in [0.15, 0.2) is 5.82 Å². The normalized spacial score (nSPS) is 19.5. The van der Waals surface area contributed by atoms with Crippen LogP contribution in [0.3, 0.4) is 0 Å². The fraction of sp³-hybridized carbons (Fsp3) is 0.429. The Balaban J connectivity index is 1.79. The summed E-state index contributed by atoms with van der Waals surface area (Å²) in [7, 11) is 0. The van der Waals surface area contributed by atoms with Crippen LogP contribution in [0.5, 0.6) is 0 Å². The molecule has 1 aromatic heterocycles. The molecule has 3 rings (SSSR count). The Morgan fingerprint density at radius 1 is 1.26 bits per heavy atom. The Morgan fingerprint density at radius 3 is 2.79 bits per heavy atom. The minimum absolute atomic E-state index is 0.259. The molecule has 0 spiro atoms. The van der Waals surface area contributed by atoms with Crippen LogP contribution in [0.15, 0.2) is 28.8 Å². The molecule has 1 aliphatic heterocycles.